The van der Waals surface area contributed by atoms with Crippen molar-refractivity contribution in [2.24, 2.45) is 0 Å². The summed E-state index contributed by atoms with van der Waals surface area (Å²) in [5, 5.41) is 4.64. The second kappa shape index (κ2) is 7.28. The third-order valence-electron chi connectivity index (χ3n) is 4.10. The van der Waals surface area contributed by atoms with E-state index in [-0.39, 0.29) is 24.4 Å². The van der Waals surface area contributed by atoms with Crippen LogP contribution in [0, 0.1) is 0 Å². The van der Waals surface area contributed by atoms with Crippen LogP contribution in [-0.2, 0) is 22.3 Å². The summed E-state index contributed by atoms with van der Waals surface area (Å²) in [6.07, 6.45) is -3.95. The van der Waals surface area contributed by atoms with E-state index in [1.54, 1.807) is 17.5 Å². The van der Waals surface area contributed by atoms with Gasteiger partial charge < -0.3 is 5.32 Å². The number of nitrogens with one attached hydrogen (secondary N) is 1. The van der Waals surface area contributed by atoms with Crippen LogP contribution in [0.1, 0.15) is 24.0 Å². The number of rotatable bonds is 4. The predicted molar refractivity (Wildman–Crippen MR) is 93.1 cm³/mol. The average molecular weight is 403 g/mol. The van der Waals surface area contributed by atoms with Crippen LogP contribution in [0.2, 0.25) is 5.02 Å². The van der Waals surface area contributed by atoms with E-state index in [2.05, 4.69) is 5.32 Å². The van der Waals surface area contributed by atoms with Crippen molar-refractivity contribution in [3.63, 3.8) is 0 Å². The molecule has 1 aromatic heterocycles. The Kier molecular flexibility index (Phi) is 5.24. The lowest BCUT2D eigenvalue weighted by atomic mass is 10.1. The second-order valence-electron chi connectivity index (χ2n) is 5.76. The fourth-order valence-electron chi connectivity index (χ4n) is 2.85. The number of benzene rings is 1. The van der Waals surface area contributed by atoms with Crippen molar-refractivity contribution in [1.29, 1.82) is 0 Å². The van der Waals surface area contributed by atoms with Crippen LogP contribution in [0.15, 0.2) is 35.7 Å². The number of alkyl halides is 3. The lowest BCUT2D eigenvalue weighted by Crippen LogP contribution is -2.44. The molecule has 0 saturated carbocycles. The minimum absolute atomic E-state index is 0.148. The Hall–Kier alpha value is -2.06. The SMILES string of the molecule is O=C(NCc1cccc(C(F)(F)F)c1Cl)C1CCC(=O)N1c1cccs1. The molecule has 1 fully saturated rings. The molecule has 2 amide bonds. The summed E-state index contributed by atoms with van der Waals surface area (Å²) in [5.41, 5.74) is -0.774. The molecule has 2 heterocycles. The number of nitrogens with zero attached hydrogens (tertiary/aromatic N) is 1. The Morgan fingerprint density at radius 3 is 2.73 bits per heavy atom. The number of thiophene rings is 1. The van der Waals surface area contributed by atoms with E-state index in [9.17, 15) is 22.8 Å². The van der Waals surface area contributed by atoms with Crippen LogP contribution >= 0.6 is 22.9 Å². The highest BCUT2D eigenvalue weighted by molar-refractivity contribution is 7.14. The number of hydrogen-bond acceptors (Lipinski definition) is 3. The summed E-state index contributed by atoms with van der Waals surface area (Å²) in [7, 11) is 0. The molecule has 1 aliphatic rings. The van der Waals surface area contributed by atoms with Crippen LogP contribution < -0.4 is 10.2 Å². The van der Waals surface area contributed by atoms with Gasteiger partial charge >= 0.3 is 6.18 Å². The smallest absolute Gasteiger partial charge is 0.350 e. The molecular weight excluding hydrogens is 389 g/mol. The van der Waals surface area contributed by atoms with Gasteiger partial charge in [0.2, 0.25) is 11.8 Å². The van der Waals surface area contributed by atoms with Gasteiger partial charge in [-0.05, 0) is 35.6 Å². The quantitative estimate of drug-likeness (QED) is 0.832. The molecule has 2 aromatic rings. The van der Waals surface area contributed by atoms with E-state index in [0.717, 1.165) is 6.07 Å². The molecule has 1 unspecified atom stereocenters. The molecule has 9 heteroatoms. The standard InChI is InChI=1S/C17H14ClF3N2O2S/c18-15-10(3-1-4-11(15)17(19,20)21)9-22-16(25)12-6-7-13(24)23(12)14-5-2-8-26-14/h1-5,8,12H,6-7,9H2,(H,22,25). The van der Waals surface area contributed by atoms with Crippen molar-refractivity contribution in [1.82, 2.24) is 5.32 Å². The molecule has 3 rings (SSSR count). The lowest BCUT2D eigenvalue weighted by Gasteiger charge is -2.22. The summed E-state index contributed by atoms with van der Waals surface area (Å²) < 4.78 is 38.7. The molecule has 0 spiro atoms. The van der Waals surface area contributed by atoms with Crippen molar-refractivity contribution < 1.29 is 22.8 Å². The molecule has 0 aliphatic carbocycles. The van der Waals surface area contributed by atoms with Crippen molar-refractivity contribution >= 4 is 39.8 Å². The first-order chi connectivity index (χ1) is 12.3. The molecular formula is C17H14ClF3N2O2S. The Morgan fingerprint density at radius 2 is 2.08 bits per heavy atom. The largest absolute Gasteiger partial charge is 0.417 e. The first-order valence-corrected chi connectivity index (χ1v) is 9.02. The fraction of sp³-hybridized carbons (Fsp3) is 0.294. The van der Waals surface area contributed by atoms with Crippen LogP contribution in [0.3, 0.4) is 0 Å². The van der Waals surface area contributed by atoms with Crippen LogP contribution in [0.5, 0.6) is 0 Å². The molecule has 138 valence electrons. The van der Waals surface area contributed by atoms with E-state index >= 15 is 0 Å². The molecule has 26 heavy (non-hydrogen) atoms. The summed E-state index contributed by atoms with van der Waals surface area (Å²) in [6, 6.07) is 6.41. The van der Waals surface area contributed by atoms with Gasteiger partial charge in [0.25, 0.3) is 0 Å². The van der Waals surface area contributed by atoms with Gasteiger partial charge in [-0.2, -0.15) is 13.2 Å². The van der Waals surface area contributed by atoms with Gasteiger partial charge in [-0.25, -0.2) is 0 Å². The third kappa shape index (κ3) is 3.71. The predicted octanol–water partition coefficient (Wildman–Crippen LogP) is 4.23. The van der Waals surface area contributed by atoms with Crippen molar-refractivity contribution in [2.75, 3.05) is 4.90 Å². The monoisotopic (exact) mass is 402 g/mol. The normalized spacial score (nSPS) is 17.6. The third-order valence-corrected chi connectivity index (χ3v) is 5.41. The minimum Gasteiger partial charge on any atom is -0.350 e. The van der Waals surface area contributed by atoms with Gasteiger partial charge in [-0.15, -0.1) is 11.3 Å². The summed E-state index contributed by atoms with van der Waals surface area (Å²) in [4.78, 5) is 26.0. The topological polar surface area (TPSA) is 49.4 Å². The maximum atomic E-state index is 12.9. The highest BCUT2D eigenvalue weighted by atomic mass is 35.5. The van der Waals surface area contributed by atoms with Gasteiger partial charge in [-0.1, -0.05) is 23.7 Å². The first kappa shape index (κ1) is 18.7. The fourth-order valence-corrected chi connectivity index (χ4v) is 3.95. The van der Waals surface area contributed by atoms with E-state index in [0.29, 0.717) is 11.4 Å². The van der Waals surface area contributed by atoms with Gasteiger partial charge in [0.15, 0.2) is 0 Å². The molecule has 1 aliphatic heterocycles. The van der Waals surface area contributed by atoms with E-state index in [4.69, 9.17) is 11.6 Å². The zero-order chi connectivity index (χ0) is 18.9. The summed E-state index contributed by atoms with van der Waals surface area (Å²) in [5.74, 6) is -0.567. The average Bonchev–Trinajstić information content (AvgIpc) is 3.21. The number of hydrogen-bond donors (Lipinski definition) is 1. The van der Waals surface area contributed by atoms with Crippen molar-refractivity contribution in [2.45, 2.75) is 31.6 Å². The molecule has 1 N–H and O–H groups in total. The maximum absolute atomic E-state index is 12.9. The van der Waals surface area contributed by atoms with Gasteiger partial charge in [0.1, 0.15) is 6.04 Å². The summed E-state index contributed by atoms with van der Waals surface area (Å²) >= 11 is 7.18. The van der Waals surface area contributed by atoms with Crippen molar-refractivity contribution in [3.05, 3.63) is 51.9 Å². The zero-order valence-corrected chi connectivity index (χ0v) is 14.9. The van der Waals surface area contributed by atoms with E-state index in [1.165, 1.54) is 28.4 Å². The molecule has 1 atom stereocenters. The number of carbonyl (C=O) groups excluding carboxylic acids is 2. The van der Waals surface area contributed by atoms with Crippen LogP contribution in [0.25, 0.3) is 0 Å². The highest BCUT2D eigenvalue weighted by Gasteiger charge is 2.38. The minimum atomic E-state index is -4.56. The number of amides is 2. The van der Waals surface area contributed by atoms with E-state index in [1.807, 2.05) is 0 Å². The molecule has 1 aromatic carbocycles. The van der Waals surface area contributed by atoms with Gasteiger partial charge in [0.05, 0.1) is 15.6 Å². The Bertz CT molecular complexity index is 824. The number of anilines is 1. The number of halogens is 4. The Balaban J connectivity index is 1.72. The first-order valence-electron chi connectivity index (χ1n) is 7.77. The molecule has 4 nitrogen and oxygen atoms in total. The highest BCUT2D eigenvalue weighted by Crippen LogP contribution is 2.36. The Morgan fingerprint density at radius 1 is 1.31 bits per heavy atom. The van der Waals surface area contributed by atoms with E-state index < -0.39 is 28.7 Å². The van der Waals surface area contributed by atoms with Gasteiger partial charge in [-0.3, -0.25) is 14.5 Å². The summed E-state index contributed by atoms with van der Waals surface area (Å²) in [6.45, 7) is -0.148. The zero-order valence-electron chi connectivity index (χ0n) is 13.3. The number of carbonyl (C=O) groups is 2. The lowest BCUT2D eigenvalue weighted by molar-refractivity contribution is -0.137. The van der Waals surface area contributed by atoms with Crippen LogP contribution in [-0.4, -0.2) is 17.9 Å². The molecule has 1 saturated heterocycles. The van der Waals surface area contributed by atoms with Gasteiger partial charge in [0, 0.05) is 13.0 Å². The molecule has 0 radical (unpaired) electrons. The molecule has 0 bridgehead atoms. The van der Waals surface area contributed by atoms with Crippen LogP contribution in [0.4, 0.5) is 18.2 Å². The second-order valence-corrected chi connectivity index (χ2v) is 7.07. The Labute approximate surface area is 156 Å². The maximum Gasteiger partial charge on any atom is 0.417 e. The van der Waals surface area contributed by atoms with Crippen molar-refractivity contribution in [3.8, 4) is 0 Å².